The molecule has 3 amide bonds. The minimum Gasteiger partial charge on any atom is -0.522 e. The Balaban J connectivity index is 0. The van der Waals surface area contributed by atoms with Crippen molar-refractivity contribution < 1.29 is 29.1 Å². The normalized spacial score (nSPS) is 9.14. The predicted octanol–water partition coefficient (Wildman–Crippen LogP) is -1.55. The van der Waals surface area contributed by atoms with Crippen LogP contribution in [0.4, 0.5) is 0 Å². The molecule has 0 aliphatic carbocycles. The second-order valence-corrected chi connectivity index (χ2v) is 3.82. The van der Waals surface area contributed by atoms with Crippen molar-refractivity contribution in [2.75, 3.05) is 19.7 Å². The van der Waals surface area contributed by atoms with Crippen LogP contribution in [0.2, 0.25) is 0 Å². The van der Waals surface area contributed by atoms with Crippen LogP contribution < -0.4 is 16.1 Å². The number of unbranched alkanes of at least 4 members (excludes halogenated alkanes) is 2. The van der Waals surface area contributed by atoms with Crippen molar-refractivity contribution >= 4 is 24.2 Å². The molecule has 10 heteroatoms. The van der Waals surface area contributed by atoms with Gasteiger partial charge in [-0.1, -0.05) is 6.42 Å². The number of carbonyl (C=O) groups excluding carboxylic acids is 3. The molecule has 126 valence electrons. The molecule has 0 atom stereocenters. The fourth-order valence-electron chi connectivity index (χ4n) is 1.19. The molecule has 4 N–H and O–H groups in total. The van der Waals surface area contributed by atoms with E-state index in [0.717, 1.165) is 0 Å². The quantitative estimate of drug-likeness (QED) is 0.102. The van der Waals surface area contributed by atoms with E-state index in [2.05, 4.69) is 10.2 Å². The molecule has 0 radical (unpaired) electrons. The molecule has 0 aliphatic rings. The summed E-state index contributed by atoms with van der Waals surface area (Å²) >= 11 is 0. The zero-order valence-corrected chi connectivity index (χ0v) is 13.6. The zero-order chi connectivity index (χ0) is 15.2. The number of carboxylic acid groups (broad SMARTS) is 1. The van der Waals surface area contributed by atoms with Crippen molar-refractivity contribution in [2.45, 2.75) is 25.7 Å². The number of amides is 3. The molecular weight excluding hydrogens is 527 g/mol. The summed E-state index contributed by atoms with van der Waals surface area (Å²) in [6.07, 6.45) is 3.38. The Morgan fingerprint density at radius 1 is 1.10 bits per heavy atom. The number of rotatable bonds is 12. The molecule has 0 spiro atoms. The molecule has 9 nitrogen and oxygen atoms in total. The molecule has 0 aliphatic heterocycles. The molecule has 0 aromatic carbocycles. The van der Waals surface area contributed by atoms with Crippen LogP contribution in [0.5, 0.6) is 0 Å². The van der Waals surface area contributed by atoms with E-state index < -0.39 is 17.8 Å². The van der Waals surface area contributed by atoms with Gasteiger partial charge in [-0.3, -0.25) is 19.2 Å². The number of carboxylic acids is 1. The van der Waals surface area contributed by atoms with E-state index in [-0.39, 0.29) is 19.6 Å². The fourth-order valence-corrected chi connectivity index (χ4v) is 1.19. The maximum absolute atomic E-state index is 11.2. The van der Waals surface area contributed by atoms with Gasteiger partial charge in [0.05, 0.1) is 6.54 Å². The molecular formula is C11H18FmN3O6-. The Morgan fingerprint density at radius 2 is 1.81 bits per heavy atom. The maximum Gasteiger partial charge on any atom is 0.303 e. The second-order valence-electron chi connectivity index (χ2n) is 3.82. The van der Waals surface area contributed by atoms with Gasteiger partial charge in [0.1, 0.15) is 0 Å². The molecule has 0 rings (SSSR count). The van der Waals surface area contributed by atoms with Crippen molar-refractivity contribution in [2.24, 2.45) is 0 Å². The van der Waals surface area contributed by atoms with Crippen LogP contribution >= 0.6 is 0 Å². The Bertz CT molecular complexity index is 340. The van der Waals surface area contributed by atoms with Crippen molar-refractivity contribution in [3.8, 4) is 0 Å². The maximum atomic E-state index is 11.2. The molecule has 0 aromatic rings. The van der Waals surface area contributed by atoms with Crippen LogP contribution in [-0.4, -0.2) is 49.0 Å². The largest absolute Gasteiger partial charge is 0.522 e. The van der Waals surface area contributed by atoms with Crippen LogP contribution in [0.3, 0.4) is 0 Å². The van der Waals surface area contributed by atoms with Gasteiger partial charge in [-0.2, -0.15) is 6.41 Å². The first-order chi connectivity index (χ1) is 9.56. The summed E-state index contributed by atoms with van der Waals surface area (Å²) in [4.78, 5) is 46.7. The van der Waals surface area contributed by atoms with Crippen molar-refractivity contribution in [3.63, 3.8) is 0 Å². The Hall–Kier alpha value is -3.16. The van der Waals surface area contributed by atoms with Gasteiger partial charge >= 0.3 is 5.97 Å². The molecule has 0 bridgehead atoms. The minimum atomic E-state index is -0.833. The third kappa shape index (κ3) is 14.8. The van der Waals surface area contributed by atoms with Crippen LogP contribution in [0.25, 0.3) is 0 Å². The Kier molecular flexibility index (Phi) is 12.7. The number of carbonyl (C=O) groups is 3. The van der Waals surface area contributed by atoms with Crippen LogP contribution in [0.15, 0.2) is 0 Å². The minimum absolute atomic E-state index is 0. The van der Waals surface area contributed by atoms with E-state index in [1.807, 2.05) is 10.8 Å². The van der Waals surface area contributed by atoms with E-state index in [9.17, 15) is 19.2 Å². The third-order valence-corrected chi connectivity index (χ3v) is 2.10. The van der Waals surface area contributed by atoms with Gasteiger partial charge in [0, 0.05) is 13.0 Å². The number of nitrogens with one attached hydrogen (secondary N) is 3. The second kappa shape index (κ2) is 13.3. The van der Waals surface area contributed by atoms with Crippen LogP contribution in [0.1, 0.15) is 25.7 Å². The number of hydrogen-bond acceptors (Lipinski definition) is 5. The average Bonchev–Trinajstić information content (AvgIpc) is 2.40. The van der Waals surface area contributed by atoms with Gasteiger partial charge < -0.3 is 20.5 Å². The van der Waals surface area contributed by atoms with Crippen molar-refractivity contribution in [3.05, 3.63) is 0 Å². The van der Waals surface area contributed by atoms with E-state index in [1.54, 1.807) is 0 Å². The first kappa shape index (κ1) is 20.2. The summed E-state index contributed by atoms with van der Waals surface area (Å²) in [7, 11) is 0. The average molecular weight is 545 g/mol. The molecule has 0 unspecified atom stereocenters. The molecule has 0 saturated heterocycles. The molecule has 0 heterocycles. The summed E-state index contributed by atoms with van der Waals surface area (Å²) < 4.78 is 0. The predicted molar refractivity (Wildman–Crippen MR) is 66.9 cm³/mol. The molecule has 0 fully saturated rings. The number of hydroxylamine groups is 1. The van der Waals surface area contributed by atoms with E-state index >= 15 is 0 Å². The van der Waals surface area contributed by atoms with Crippen LogP contribution in [-0.2, 0) is 24.0 Å². The van der Waals surface area contributed by atoms with Crippen LogP contribution in [0, 0.1) is 0 Å². The smallest absolute Gasteiger partial charge is 0.303 e. The van der Waals surface area contributed by atoms with Gasteiger partial charge in [0.25, 0.3) is 5.91 Å². The van der Waals surface area contributed by atoms with Gasteiger partial charge in [-0.25, -0.2) is 5.48 Å². The van der Waals surface area contributed by atoms with Gasteiger partial charge in [0.15, 0.2) is 6.61 Å². The number of hydrogen-bond donors (Lipinski definition) is 4. The summed E-state index contributed by atoms with van der Waals surface area (Å²) in [6, 6.07) is 0. The van der Waals surface area contributed by atoms with E-state index in [4.69, 9.17) is 5.11 Å². The topological polar surface area (TPSA) is 134 Å². The van der Waals surface area contributed by atoms with Gasteiger partial charge in [-0.05, 0) is 12.8 Å². The fraction of sp³-hybridized carbons (Fsp3) is 0.636. The summed E-state index contributed by atoms with van der Waals surface area (Å²) in [5.41, 5.74) is 1.97. The monoisotopic (exact) mass is 545 g/mol. The summed E-state index contributed by atoms with van der Waals surface area (Å²) in [5.74, 6) is -1.84. The molecule has 21 heavy (non-hydrogen) atoms. The van der Waals surface area contributed by atoms with E-state index in [0.29, 0.717) is 25.8 Å². The summed E-state index contributed by atoms with van der Waals surface area (Å²) in [6.45, 7) is -0.211. The standard InChI is InChI=1S/C11H18N3O6.Fm/c15-8-12-6-9(16)14-20-7-10(17)13-5-3-1-2-4-11(18)19;/h1-7H2,(H,12,15)(H,13,17)(H,14,16)(H,18,19);/q-1;. The Labute approximate surface area is 116 Å². The molecule has 0 saturated carbocycles. The van der Waals surface area contributed by atoms with Crippen molar-refractivity contribution in [1.29, 1.82) is 0 Å². The summed E-state index contributed by atoms with van der Waals surface area (Å²) in [5, 5.41) is 13.0. The zero-order valence-electron chi connectivity index (χ0n) is 11.2. The third-order valence-electron chi connectivity index (χ3n) is 2.10. The van der Waals surface area contributed by atoms with E-state index in [1.165, 1.54) is 6.41 Å². The van der Waals surface area contributed by atoms with Gasteiger partial charge in [0.2, 0.25) is 5.91 Å². The first-order valence-electron chi connectivity index (χ1n) is 6.05. The SMILES string of the molecule is O=[C-]NCC(=O)NOCC(=O)NCCCCCC(=O)O.[Fm]. The van der Waals surface area contributed by atoms with Gasteiger partial charge in [-0.15, -0.1) is 0 Å². The molecule has 0 aromatic heterocycles. The van der Waals surface area contributed by atoms with Crippen molar-refractivity contribution in [1.82, 2.24) is 16.1 Å². The number of aliphatic carboxylic acids is 1. The Morgan fingerprint density at radius 3 is 2.43 bits per heavy atom. The first-order valence-corrected chi connectivity index (χ1v) is 6.05.